The van der Waals surface area contributed by atoms with Crippen molar-refractivity contribution in [3.63, 3.8) is 0 Å². The molecule has 1 aromatic rings. The van der Waals surface area contributed by atoms with E-state index in [4.69, 9.17) is 15.2 Å². The molecule has 1 heterocycles. The number of amides is 1. The van der Waals surface area contributed by atoms with E-state index in [9.17, 15) is 4.79 Å². The van der Waals surface area contributed by atoms with Gasteiger partial charge in [-0.2, -0.15) is 0 Å². The zero-order valence-electron chi connectivity index (χ0n) is 10.6. The number of anilines is 1. The lowest BCUT2D eigenvalue weighted by atomic mass is 10.2. The monoisotopic (exact) mass is 250 g/mol. The standard InChI is InChI=1S/C13H18N2O3/c1-13(2)17-8-11(18-13)7-15-12(16)9-3-5-10(14)6-4-9/h3-6,11H,7-8,14H2,1-2H3,(H,15,16). The zero-order valence-corrected chi connectivity index (χ0v) is 10.6. The quantitative estimate of drug-likeness (QED) is 0.789. The van der Waals surface area contributed by atoms with Gasteiger partial charge in [0.1, 0.15) is 6.10 Å². The lowest BCUT2D eigenvalue weighted by Gasteiger charge is -2.17. The Kier molecular flexibility index (Phi) is 3.54. The Hall–Kier alpha value is -1.59. The van der Waals surface area contributed by atoms with Gasteiger partial charge in [0, 0.05) is 17.8 Å². The fraction of sp³-hybridized carbons (Fsp3) is 0.462. The third-order valence-corrected chi connectivity index (χ3v) is 2.73. The smallest absolute Gasteiger partial charge is 0.251 e. The number of benzene rings is 1. The lowest BCUT2D eigenvalue weighted by Crippen LogP contribution is -2.34. The first-order chi connectivity index (χ1) is 8.46. The molecule has 3 N–H and O–H groups in total. The lowest BCUT2D eigenvalue weighted by molar-refractivity contribution is -0.137. The number of hydrogen-bond acceptors (Lipinski definition) is 4. The van der Waals surface area contributed by atoms with Crippen molar-refractivity contribution in [2.24, 2.45) is 0 Å². The van der Waals surface area contributed by atoms with Crippen LogP contribution in [0.1, 0.15) is 24.2 Å². The molecular formula is C13H18N2O3. The molecule has 1 fully saturated rings. The van der Waals surface area contributed by atoms with Crippen LogP contribution in [-0.4, -0.2) is 30.9 Å². The molecule has 5 nitrogen and oxygen atoms in total. The molecule has 0 aromatic heterocycles. The highest BCUT2D eigenvalue weighted by molar-refractivity contribution is 5.94. The summed E-state index contributed by atoms with van der Waals surface area (Å²) in [6, 6.07) is 6.79. The van der Waals surface area contributed by atoms with Crippen molar-refractivity contribution in [2.75, 3.05) is 18.9 Å². The van der Waals surface area contributed by atoms with Crippen LogP contribution in [0.2, 0.25) is 0 Å². The first kappa shape index (κ1) is 12.9. The second kappa shape index (κ2) is 4.96. The third kappa shape index (κ3) is 3.21. The minimum Gasteiger partial charge on any atom is -0.399 e. The second-order valence-corrected chi connectivity index (χ2v) is 4.78. The van der Waals surface area contributed by atoms with Gasteiger partial charge in [-0.25, -0.2) is 0 Å². The molecule has 1 unspecified atom stereocenters. The Balaban J connectivity index is 1.84. The van der Waals surface area contributed by atoms with Gasteiger partial charge in [-0.3, -0.25) is 4.79 Å². The Bertz CT molecular complexity index is 428. The molecule has 1 aromatic carbocycles. The Labute approximate surface area is 106 Å². The number of carbonyl (C=O) groups excluding carboxylic acids is 1. The van der Waals surface area contributed by atoms with Crippen LogP contribution in [0.5, 0.6) is 0 Å². The van der Waals surface area contributed by atoms with Gasteiger partial charge in [-0.1, -0.05) is 0 Å². The van der Waals surface area contributed by atoms with Crippen molar-refractivity contribution >= 4 is 11.6 Å². The summed E-state index contributed by atoms with van der Waals surface area (Å²) < 4.78 is 11.0. The molecule has 98 valence electrons. The minimum atomic E-state index is -0.559. The van der Waals surface area contributed by atoms with E-state index < -0.39 is 5.79 Å². The van der Waals surface area contributed by atoms with Crippen molar-refractivity contribution in [1.29, 1.82) is 0 Å². The van der Waals surface area contributed by atoms with Gasteiger partial charge >= 0.3 is 0 Å². The summed E-state index contributed by atoms with van der Waals surface area (Å²) >= 11 is 0. The normalized spacial score (nSPS) is 21.8. The molecule has 2 rings (SSSR count). The van der Waals surface area contributed by atoms with Gasteiger partial charge in [0.15, 0.2) is 5.79 Å². The second-order valence-electron chi connectivity index (χ2n) is 4.78. The first-order valence-electron chi connectivity index (χ1n) is 5.92. The summed E-state index contributed by atoms with van der Waals surface area (Å²) in [7, 11) is 0. The molecule has 0 spiro atoms. The van der Waals surface area contributed by atoms with E-state index in [1.54, 1.807) is 24.3 Å². The van der Waals surface area contributed by atoms with Crippen LogP contribution < -0.4 is 11.1 Å². The maximum Gasteiger partial charge on any atom is 0.251 e. The molecular weight excluding hydrogens is 232 g/mol. The van der Waals surface area contributed by atoms with Crippen molar-refractivity contribution in [3.8, 4) is 0 Å². The zero-order chi connectivity index (χ0) is 13.2. The van der Waals surface area contributed by atoms with E-state index >= 15 is 0 Å². The number of carbonyl (C=O) groups is 1. The van der Waals surface area contributed by atoms with Crippen LogP contribution in [0.15, 0.2) is 24.3 Å². The molecule has 0 aliphatic carbocycles. The van der Waals surface area contributed by atoms with E-state index in [-0.39, 0.29) is 12.0 Å². The summed E-state index contributed by atoms with van der Waals surface area (Å²) in [5.74, 6) is -0.695. The predicted octanol–water partition coefficient (Wildman–Crippen LogP) is 1.15. The summed E-state index contributed by atoms with van der Waals surface area (Å²) in [6.07, 6.45) is -0.0993. The number of rotatable bonds is 3. The average molecular weight is 250 g/mol. The Morgan fingerprint density at radius 2 is 2.11 bits per heavy atom. The van der Waals surface area contributed by atoms with E-state index in [0.717, 1.165) is 0 Å². The molecule has 1 aliphatic rings. The summed E-state index contributed by atoms with van der Waals surface area (Å²) in [6.45, 7) is 4.64. The highest BCUT2D eigenvalue weighted by Crippen LogP contribution is 2.21. The van der Waals surface area contributed by atoms with Crippen molar-refractivity contribution < 1.29 is 14.3 Å². The van der Waals surface area contributed by atoms with E-state index in [0.29, 0.717) is 24.4 Å². The van der Waals surface area contributed by atoms with Crippen molar-refractivity contribution in [2.45, 2.75) is 25.7 Å². The van der Waals surface area contributed by atoms with Crippen LogP contribution in [0.3, 0.4) is 0 Å². The number of hydrogen-bond donors (Lipinski definition) is 2. The molecule has 18 heavy (non-hydrogen) atoms. The van der Waals surface area contributed by atoms with Gasteiger partial charge in [0.2, 0.25) is 0 Å². The minimum absolute atomic E-state index is 0.0993. The largest absolute Gasteiger partial charge is 0.399 e. The topological polar surface area (TPSA) is 73.6 Å². The predicted molar refractivity (Wildman–Crippen MR) is 68.1 cm³/mol. The SMILES string of the molecule is CC1(C)OCC(CNC(=O)c2ccc(N)cc2)O1. The van der Waals surface area contributed by atoms with Gasteiger partial charge in [-0.05, 0) is 38.1 Å². The van der Waals surface area contributed by atoms with Gasteiger partial charge in [-0.15, -0.1) is 0 Å². The fourth-order valence-corrected chi connectivity index (χ4v) is 1.81. The Morgan fingerprint density at radius 3 is 2.67 bits per heavy atom. The van der Waals surface area contributed by atoms with Crippen LogP contribution in [0.4, 0.5) is 5.69 Å². The van der Waals surface area contributed by atoms with E-state index in [2.05, 4.69) is 5.32 Å². The van der Waals surface area contributed by atoms with Crippen LogP contribution >= 0.6 is 0 Å². The maximum absolute atomic E-state index is 11.8. The number of nitrogens with one attached hydrogen (secondary N) is 1. The average Bonchev–Trinajstić information content (AvgIpc) is 2.67. The molecule has 1 amide bonds. The van der Waals surface area contributed by atoms with E-state index in [1.807, 2.05) is 13.8 Å². The molecule has 1 atom stereocenters. The summed E-state index contributed by atoms with van der Waals surface area (Å²) in [4.78, 5) is 11.8. The highest BCUT2D eigenvalue weighted by atomic mass is 16.7. The summed E-state index contributed by atoms with van der Waals surface area (Å²) in [5, 5.41) is 2.81. The number of nitrogen functional groups attached to an aromatic ring is 1. The Morgan fingerprint density at radius 1 is 1.44 bits per heavy atom. The van der Waals surface area contributed by atoms with Gasteiger partial charge < -0.3 is 20.5 Å². The first-order valence-corrected chi connectivity index (χ1v) is 5.92. The van der Waals surface area contributed by atoms with Crippen molar-refractivity contribution in [1.82, 2.24) is 5.32 Å². The van der Waals surface area contributed by atoms with E-state index in [1.165, 1.54) is 0 Å². The van der Waals surface area contributed by atoms with Gasteiger partial charge in [0.05, 0.1) is 6.61 Å². The number of ether oxygens (including phenoxy) is 2. The number of nitrogens with two attached hydrogens (primary N) is 1. The maximum atomic E-state index is 11.8. The molecule has 1 aliphatic heterocycles. The van der Waals surface area contributed by atoms with Gasteiger partial charge in [0.25, 0.3) is 5.91 Å². The molecule has 0 bridgehead atoms. The summed E-state index contributed by atoms with van der Waals surface area (Å²) in [5.41, 5.74) is 6.79. The fourth-order valence-electron chi connectivity index (χ4n) is 1.81. The highest BCUT2D eigenvalue weighted by Gasteiger charge is 2.32. The molecule has 0 saturated carbocycles. The molecule has 0 radical (unpaired) electrons. The van der Waals surface area contributed by atoms with Crippen LogP contribution in [-0.2, 0) is 9.47 Å². The molecule has 1 saturated heterocycles. The van der Waals surface area contributed by atoms with Crippen molar-refractivity contribution in [3.05, 3.63) is 29.8 Å². The van der Waals surface area contributed by atoms with Crippen LogP contribution in [0, 0.1) is 0 Å². The molecule has 5 heteroatoms. The third-order valence-electron chi connectivity index (χ3n) is 2.73. The van der Waals surface area contributed by atoms with Crippen LogP contribution in [0.25, 0.3) is 0 Å².